The Kier molecular flexibility index (Phi) is 5.56. The number of nitrogens with zero attached hydrogens (tertiary/aromatic N) is 1. The van der Waals surface area contributed by atoms with Crippen molar-refractivity contribution in [3.05, 3.63) is 33.8 Å². The molecule has 0 aliphatic heterocycles. The van der Waals surface area contributed by atoms with E-state index < -0.39 is 0 Å². The van der Waals surface area contributed by atoms with Crippen molar-refractivity contribution in [1.82, 2.24) is 10.2 Å². The van der Waals surface area contributed by atoms with Crippen LogP contribution in [0.15, 0.2) is 18.2 Å². The van der Waals surface area contributed by atoms with Gasteiger partial charge in [0.2, 0.25) is 0 Å². The zero-order valence-corrected chi connectivity index (χ0v) is 11.4. The Labute approximate surface area is 108 Å². The second-order valence-corrected chi connectivity index (χ2v) is 4.63. The van der Waals surface area contributed by atoms with Crippen LogP contribution < -0.4 is 5.32 Å². The van der Waals surface area contributed by atoms with Crippen LogP contribution in [0, 0.1) is 0 Å². The van der Waals surface area contributed by atoms with Crippen molar-refractivity contribution < 1.29 is 0 Å². The summed E-state index contributed by atoms with van der Waals surface area (Å²) < 4.78 is 0. The minimum Gasteiger partial charge on any atom is -0.318 e. The van der Waals surface area contributed by atoms with Crippen molar-refractivity contribution in [2.45, 2.75) is 13.0 Å². The number of rotatable bonds is 5. The molecule has 2 nitrogen and oxygen atoms in total. The molecule has 0 saturated heterocycles. The van der Waals surface area contributed by atoms with Gasteiger partial charge in [0.1, 0.15) is 0 Å². The Morgan fingerprint density at radius 3 is 2.50 bits per heavy atom. The standard InChI is InChI=1S/C12H18Cl2N2/c1-4-16(3)12(8-15-2)9-5-6-10(13)11(14)7-9/h5-7,12,15H,4,8H2,1-3H3. The maximum Gasteiger partial charge on any atom is 0.0595 e. The molecule has 1 unspecified atom stereocenters. The van der Waals surface area contributed by atoms with Crippen molar-refractivity contribution in [2.24, 2.45) is 0 Å². The molecule has 1 rings (SSSR count). The molecule has 0 aliphatic carbocycles. The molecule has 0 spiro atoms. The minimum absolute atomic E-state index is 0.324. The first kappa shape index (κ1) is 13.8. The van der Waals surface area contributed by atoms with Crippen LogP contribution in [0.3, 0.4) is 0 Å². The summed E-state index contributed by atoms with van der Waals surface area (Å²) in [5, 5.41) is 4.42. The lowest BCUT2D eigenvalue weighted by Crippen LogP contribution is -2.31. The molecule has 0 aromatic heterocycles. The van der Waals surface area contributed by atoms with Crippen LogP contribution in [-0.2, 0) is 0 Å². The van der Waals surface area contributed by atoms with Gasteiger partial charge in [0.15, 0.2) is 0 Å². The van der Waals surface area contributed by atoms with Gasteiger partial charge in [-0.3, -0.25) is 4.90 Å². The third-order valence-corrected chi connectivity index (χ3v) is 3.50. The van der Waals surface area contributed by atoms with Crippen LogP contribution >= 0.6 is 23.2 Å². The summed E-state index contributed by atoms with van der Waals surface area (Å²) in [4.78, 5) is 2.27. The summed E-state index contributed by atoms with van der Waals surface area (Å²) in [5.74, 6) is 0. The molecule has 1 aromatic carbocycles. The topological polar surface area (TPSA) is 15.3 Å². The van der Waals surface area contributed by atoms with Crippen molar-refractivity contribution in [2.75, 3.05) is 27.2 Å². The molecule has 1 N–H and O–H groups in total. The van der Waals surface area contributed by atoms with Gasteiger partial charge in [0.05, 0.1) is 10.0 Å². The summed E-state index contributed by atoms with van der Waals surface area (Å²) in [6.45, 7) is 4.02. The lowest BCUT2D eigenvalue weighted by atomic mass is 10.1. The van der Waals surface area contributed by atoms with E-state index in [9.17, 15) is 0 Å². The van der Waals surface area contributed by atoms with E-state index in [-0.39, 0.29) is 0 Å². The highest BCUT2D eigenvalue weighted by Gasteiger charge is 2.15. The molecule has 0 aliphatic rings. The Morgan fingerprint density at radius 1 is 1.31 bits per heavy atom. The predicted octanol–water partition coefficient (Wildman–Crippen LogP) is 3.21. The number of hydrogen-bond donors (Lipinski definition) is 1. The Bertz CT molecular complexity index is 342. The minimum atomic E-state index is 0.324. The molecule has 0 fully saturated rings. The van der Waals surface area contributed by atoms with E-state index in [1.165, 1.54) is 5.56 Å². The highest BCUT2D eigenvalue weighted by molar-refractivity contribution is 6.42. The van der Waals surface area contributed by atoms with E-state index in [1.807, 2.05) is 25.2 Å². The van der Waals surface area contributed by atoms with Gasteiger partial charge in [-0.2, -0.15) is 0 Å². The maximum atomic E-state index is 6.04. The van der Waals surface area contributed by atoms with E-state index in [2.05, 4.69) is 24.2 Å². The molecule has 0 saturated carbocycles. The van der Waals surface area contributed by atoms with E-state index in [1.54, 1.807) is 0 Å². The van der Waals surface area contributed by atoms with Crippen LogP contribution in [-0.4, -0.2) is 32.1 Å². The maximum absolute atomic E-state index is 6.04. The molecule has 4 heteroatoms. The first-order chi connectivity index (χ1) is 7.60. The zero-order chi connectivity index (χ0) is 12.1. The Hall–Kier alpha value is -0.280. The van der Waals surface area contributed by atoms with Crippen molar-refractivity contribution in [3.8, 4) is 0 Å². The monoisotopic (exact) mass is 260 g/mol. The Balaban J connectivity index is 2.96. The van der Waals surface area contributed by atoms with Gasteiger partial charge in [-0.05, 0) is 38.3 Å². The van der Waals surface area contributed by atoms with Crippen LogP contribution in [0.1, 0.15) is 18.5 Å². The normalized spacial score (nSPS) is 13.1. The van der Waals surface area contributed by atoms with Gasteiger partial charge >= 0.3 is 0 Å². The third kappa shape index (κ3) is 3.36. The van der Waals surface area contributed by atoms with Crippen LogP contribution in [0.2, 0.25) is 10.0 Å². The molecule has 1 aromatic rings. The summed E-state index contributed by atoms with van der Waals surface area (Å²) in [6.07, 6.45) is 0. The average molecular weight is 261 g/mol. The van der Waals surface area contributed by atoms with Crippen LogP contribution in [0.4, 0.5) is 0 Å². The summed E-state index contributed by atoms with van der Waals surface area (Å²) >= 11 is 11.9. The second kappa shape index (κ2) is 6.45. The molecule has 0 heterocycles. The molecule has 90 valence electrons. The van der Waals surface area contributed by atoms with Crippen molar-refractivity contribution in [3.63, 3.8) is 0 Å². The highest BCUT2D eigenvalue weighted by atomic mass is 35.5. The van der Waals surface area contributed by atoms with Gasteiger partial charge < -0.3 is 5.32 Å². The fourth-order valence-corrected chi connectivity index (χ4v) is 1.97. The highest BCUT2D eigenvalue weighted by Crippen LogP contribution is 2.27. The number of likely N-dealkylation sites (N-methyl/N-ethyl adjacent to an activating group) is 2. The molecule has 0 amide bonds. The number of nitrogens with one attached hydrogen (secondary N) is 1. The molecular formula is C12H18Cl2N2. The zero-order valence-electron chi connectivity index (χ0n) is 9.93. The lowest BCUT2D eigenvalue weighted by Gasteiger charge is -2.27. The molecule has 0 radical (unpaired) electrons. The van der Waals surface area contributed by atoms with Gasteiger partial charge in [0, 0.05) is 12.6 Å². The first-order valence-electron chi connectivity index (χ1n) is 5.40. The van der Waals surface area contributed by atoms with E-state index >= 15 is 0 Å². The van der Waals surface area contributed by atoms with Crippen LogP contribution in [0.25, 0.3) is 0 Å². The fraction of sp³-hybridized carbons (Fsp3) is 0.500. The van der Waals surface area contributed by atoms with E-state index in [4.69, 9.17) is 23.2 Å². The molecule has 1 atom stereocenters. The smallest absolute Gasteiger partial charge is 0.0595 e. The summed E-state index contributed by atoms with van der Waals surface area (Å²) in [6, 6.07) is 6.15. The Morgan fingerprint density at radius 2 is 2.00 bits per heavy atom. The van der Waals surface area contributed by atoms with Crippen molar-refractivity contribution >= 4 is 23.2 Å². The fourth-order valence-electron chi connectivity index (χ4n) is 1.66. The van der Waals surface area contributed by atoms with E-state index in [0.29, 0.717) is 16.1 Å². The van der Waals surface area contributed by atoms with Gasteiger partial charge in [0.25, 0.3) is 0 Å². The number of hydrogen-bond acceptors (Lipinski definition) is 2. The van der Waals surface area contributed by atoms with Gasteiger partial charge in [-0.15, -0.1) is 0 Å². The molecule has 16 heavy (non-hydrogen) atoms. The molecule has 0 bridgehead atoms. The van der Waals surface area contributed by atoms with E-state index in [0.717, 1.165) is 13.1 Å². The van der Waals surface area contributed by atoms with Gasteiger partial charge in [-0.1, -0.05) is 36.2 Å². The van der Waals surface area contributed by atoms with Crippen molar-refractivity contribution in [1.29, 1.82) is 0 Å². The lowest BCUT2D eigenvalue weighted by molar-refractivity contribution is 0.254. The third-order valence-electron chi connectivity index (χ3n) is 2.76. The van der Waals surface area contributed by atoms with Crippen LogP contribution in [0.5, 0.6) is 0 Å². The SMILES string of the molecule is CCN(C)C(CNC)c1ccc(Cl)c(Cl)c1. The second-order valence-electron chi connectivity index (χ2n) is 3.82. The quantitative estimate of drug-likeness (QED) is 0.875. The first-order valence-corrected chi connectivity index (χ1v) is 6.15. The molecular weight excluding hydrogens is 243 g/mol. The summed E-state index contributed by atoms with van der Waals surface area (Å²) in [7, 11) is 4.05. The summed E-state index contributed by atoms with van der Waals surface area (Å²) in [5.41, 5.74) is 1.19. The largest absolute Gasteiger partial charge is 0.318 e. The van der Waals surface area contributed by atoms with Gasteiger partial charge in [-0.25, -0.2) is 0 Å². The number of benzene rings is 1. The predicted molar refractivity (Wildman–Crippen MR) is 71.4 cm³/mol. The number of halogens is 2. The average Bonchev–Trinajstić information content (AvgIpc) is 2.29.